The summed E-state index contributed by atoms with van der Waals surface area (Å²) in [4.78, 5) is 25.5. The van der Waals surface area contributed by atoms with Crippen molar-refractivity contribution in [3.8, 4) is 11.5 Å². The predicted molar refractivity (Wildman–Crippen MR) is 116 cm³/mol. The highest BCUT2D eigenvalue weighted by Crippen LogP contribution is 2.52. The van der Waals surface area contributed by atoms with Gasteiger partial charge in [0.1, 0.15) is 12.4 Å². The number of allylic oxidation sites excluding steroid dienone is 2. The number of carbonyl (C=O) groups excluding carboxylic acids is 2. The van der Waals surface area contributed by atoms with Crippen LogP contribution in [0.4, 0.5) is 4.39 Å². The number of hydrogen-bond acceptors (Lipinski definition) is 5. The number of amides is 2. The highest BCUT2D eigenvalue weighted by atomic mass is 35.5. The molecule has 32 heavy (non-hydrogen) atoms. The zero-order valence-electron chi connectivity index (χ0n) is 17.2. The van der Waals surface area contributed by atoms with E-state index in [2.05, 4.69) is 5.10 Å². The van der Waals surface area contributed by atoms with Gasteiger partial charge in [-0.1, -0.05) is 42.0 Å². The van der Waals surface area contributed by atoms with E-state index in [0.717, 1.165) is 11.4 Å². The maximum absolute atomic E-state index is 13.9. The largest absolute Gasteiger partial charge is 0.493 e. The Bertz CT molecular complexity index is 1130. The summed E-state index contributed by atoms with van der Waals surface area (Å²) >= 11 is 6.38. The maximum Gasteiger partial charge on any atom is 0.254 e. The minimum atomic E-state index is -0.375. The van der Waals surface area contributed by atoms with E-state index in [-0.39, 0.29) is 58.7 Å². The Kier molecular flexibility index (Phi) is 5.21. The van der Waals surface area contributed by atoms with Gasteiger partial charge in [-0.05, 0) is 42.0 Å². The first kappa shape index (κ1) is 20.7. The summed E-state index contributed by atoms with van der Waals surface area (Å²) in [6.45, 7) is -0.0217. The second-order valence-corrected chi connectivity index (χ2v) is 8.55. The Balaban J connectivity index is 1.34. The zero-order valence-corrected chi connectivity index (χ0v) is 18.0. The van der Waals surface area contributed by atoms with Crippen LogP contribution in [0.3, 0.4) is 0 Å². The molecule has 0 aromatic heterocycles. The quantitative estimate of drug-likeness (QED) is 0.372. The van der Waals surface area contributed by atoms with Crippen LogP contribution in [-0.4, -0.2) is 30.1 Å². The summed E-state index contributed by atoms with van der Waals surface area (Å²) in [6, 6.07) is 9.51. The SMILES string of the molecule is COc1cc(C=NN2C(=O)C3C4C=CC(C4)C3C2=O)cc(Cl)c1OCc1ccccc1F. The molecule has 2 fully saturated rings. The van der Waals surface area contributed by atoms with Crippen molar-refractivity contribution in [3.63, 3.8) is 0 Å². The molecule has 164 valence electrons. The van der Waals surface area contributed by atoms with Crippen molar-refractivity contribution in [3.05, 3.63) is 70.5 Å². The number of fused-ring (bicyclic) bond motifs is 5. The third kappa shape index (κ3) is 3.37. The number of hydrogen-bond donors (Lipinski definition) is 0. The molecule has 8 heteroatoms. The van der Waals surface area contributed by atoms with Crippen LogP contribution in [-0.2, 0) is 16.2 Å². The van der Waals surface area contributed by atoms with Crippen molar-refractivity contribution >= 4 is 29.6 Å². The lowest BCUT2D eigenvalue weighted by Gasteiger charge is -2.14. The third-order valence-corrected chi connectivity index (χ3v) is 6.63. The summed E-state index contributed by atoms with van der Waals surface area (Å²) in [5.41, 5.74) is 0.917. The molecule has 1 saturated heterocycles. The van der Waals surface area contributed by atoms with Gasteiger partial charge in [0.25, 0.3) is 11.8 Å². The van der Waals surface area contributed by atoms with Crippen LogP contribution in [0.1, 0.15) is 17.5 Å². The van der Waals surface area contributed by atoms with Crippen molar-refractivity contribution < 1.29 is 23.5 Å². The van der Waals surface area contributed by atoms with Gasteiger partial charge in [-0.2, -0.15) is 10.1 Å². The zero-order chi connectivity index (χ0) is 22.4. The Morgan fingerprint density at radius 1 is 1.16 bits per heavy atom. The van der Waals surface area contributed by atoms with Crippen LogP contribution >= 0.6 is 11.6 Å². The van der Waals surface area contributed by atoms with Gasteiger partial charge in [-0.15, -0.1) is 0 Å². The minimum Gasteiger partial charge on any atom is -0.493 e. The van der Waals surface area contributed by atoms with Crippen LogP contribution in [0.2, 0.25) is 5.02 Å². The van der Waals surface area contributed by atoms with Gasteiger partial charge < -0.3 is 9.47 Å². The molecule has 5 rings (SSSR count). The lowest BCUT2D eigenvalue weighted by molar-refractivity contribution is -0.140. The number of benzene rings is 2. The molecule has 2 amide bonds. The van der Waals surface area contributed by atoms with Crippen molar-refractivity contribution in [1.29, 1.82) is 0 Å². The number of hydrazone groups is 1. The van der Waals surface area contributed by atoms with Gasteiger partial charge in [0.05, 0.1) is 30.2 Å². The summed E-state index contributed by atoms with van der Waals surface area (Å²) < 4.78 is 24.9. The monoisotopic (exact) mass is 454 g/mol. The first-order valence-electron chi connectivity index (χ1n) is 10.3. The van der Waals surface area contributed by atoms with Crippen LogP contribution < -0.4 is 9.47 Å². The molecule has 6 nitrogen and oxygen atoms in total. The Labute approximate surface area is 189 Å². The van der Waals surface area contributed by atoms with E-state index in [9.17, 15) is 14.0 Å². The van der Waals surface area contributed by atoms with Gasteiger partial charge in [0.2, 0.25) is 0 Å². The molecule has 2 aliphatic carbocycles. The second kappa shape index (κ2) is 8.06. The standard InChI is InChI=1S/C24H20ClFN2O4/c1-31-19-9-13(8-17(25)22(19)32-12-16-4-2-3-5-18(16)26)11-27-28-23(29)20-14-6-7-15(10-14)21(20)24(28)30/h2-9,11,14-15,20-21H,10,12H2,1H3. The van der Waals surface area contributed by atoms with Crippen LogP contribution in [0.5, 0.6) is 11.5 Å². The average molecular weight is 455 g/mol. The fourth-order valence-electron chi connectivity index (χ4n) is 4.84. The van der Waals surface area contributed by atoms with E-state index in [1.807, 2.05) is 12.2 Å². The maximum atomic E-state index is 13.9. The smallest absolute Gasteiger partial charge is 0.254 e. The predicted octanol–water partition coefficient (Wildman–Crippen LogP) is 4.21. The molecule has 1 heterocycles. The Morgan fingerprint density at radius 3 is 2.50 bits per heavy atom. The molecule has 2 bridgehead atoms. The Hall–Kier alpha value is -3.19. The molecular weight excluding hydrogens is 435 g/mol. The topological polar surface area (TPSA) is 68.2 Å². The first-order valence-corrected chi connectivity index (χ1v) is 10.7. The average Bonchev–Trinajstić information content (AvgIpc) is 3.46. The van der Waals surface area contributed by atoms with Crippen LogP contribution in [0.25, 0.3) is 0 Å². The molecule has 2 aromatic rings. The van der Waals surface area contributed by atoms with Gasteiger partial charge in [0, 0.05) is 5.56 Å². The molecule has 1 aliphatic heterocycles. The molecule has 3 aliphatic rings. The lowest BCUT2D eigenvalue weighted by atomic mass is 9.85. The molecular formula is C24H20ClFN2O4. The molecule has 4 atom stereocenters. The van der Waals surface area contributed by atoms with E-state index in [1.54, 1.807) is 30.3 Å². The molecule has 2 aromatic carbocycles. The molecule has 4 unspecified atom stereocenters. The lowest BCUT2D eigenvalue weighted by Crippen LogP contribution is -2.28. The summed E-state index contributed by atoms with van der Waals surface area (Å²) in [7, 11) is 1.46. The van der Waals surface area contributed by atoms with E-state index < -0.39 is 0 Å². The van der Waals surface area contributed by atoms with Crippen LogP contribution in [0.15, 0.2) is 53.7 Å². The van der Waals surface area contributed by atoms with Gasteiger partial charge in [-0.3, -0.25) is 9.59 Å². The second-order valence-electron chi connectivity index (χ2n) is 8.15. The highest BCUT2D eigenvalue weighted by molar-refractivity contribution is 6.32. The van der Waals surface area contributed by atoms with Gasteiger partial charge in [0.15, 0.2) is 11.5 Å². The van der Waals surface area contributed by atoms with E-state index in [4.69, 9.17) is 21.1 Å². The number of rotatable bonds is 6. The van der Waals surface area contributed by atoms with E-state index >= 15 is 0 Å². The number of imide groups is 1. The minimum absolute atomic E-state index is 0.0217. The highest BCUT2D eigenvalue weighted by Gasteiger charge is 2.59. The first-order chi connectivity index (χ1) is 15.5. The van der Waals surface area contributed by atoms with Crippen molar-refractivity contribution in [2.24, 2.45) is 28.8 Å². The molecule has 0 radical (unpaired) electrons. The van der Waals surface area contributed by atoms with E-state index in [0.29, 0.717) is 16.9 Å². The molecule has 0 N–H and O–H groups in total. The third-order valence-electron chi connectivity index (χ3n) is 6.35. The normalized spacial score (nSPS) is 25.8. The number of carbonyl (C=O) groups is 2. The van der Waals surface area contributed by atoms with Gasteiger partial charge in [-0.25, -0.2) is 4.39 Å². The summed E-state index contributed by atoms with van der Waals surface area (Å²) in [6.07, 6.45) is 6.34. The number of methoxy groups -OCH3 is 1. The fourth-order valence-corrected chi connectivity index (χ4v) is 5.12. The molecule has 1 saturated carbocycles. The summed E-state index contributed by atoms with van der Waals surface area (Å²) in [5.74, 6) is -0.645. The van der Waals surface area contributed by atoms with E-state index in [1.165, 1.54) is 19.4 Å². The fraction of sp³-hybridized carbons (Fsp3) is 0.292. The Morgan fingerprint density at radius 2 is 1.84 bits per heavy atom. The van der Waals surface area contributed by atoms with Crippen LogP contribution in [0, 0.1) is 29.5 Å². The number of ether oxygens (including phenoxy) is 2. The van der Waals surface area contributed by atoms with Crippen molar-refractivity contribution in [2.75, 3.05) is 7.11 Å². The van der Waals surface area contributed by atoms with Gasteiger partial charge >= 0.3 is 0 Å². The molecule has 0 spiro atoms. The number of nitrogens with zero attached hydrogens (tertiary/aromatic N) is 2. The van der Waals surface area contributed by atoms with Crippen molar-refractivity contribution in [1.82, 2.24) is 5.01 Å². The summed E-state index contributed by atoms with van der Waals surface area (Å²) in [5, 5.41) is 5.38. The number of halogens is 2. The van der Waals surface area contributed by atoms with Crippen molar-refractivity contribution in [2.45, 2.75) is 13.0 Å².